The minimum atomic E-state index is 0.431. The first-order chi connectivity index (χ1) is 8.78. The van der Waals surface area contributed by atoms with Crippen LogP contribution < -0.4 is 5.32 Å². The summed E-state index contributed by atoms with van der Waals surface area (Å²) >= 11 is 0. The number of aryl methyl sites for hydroxylation is 1. The van der Waals surface area contributed by atoms with Crippen molar-refractivity contribution in [1.82, 2.24) is 10.3 Å². The smallest absolute Gasteiger partial charge is 0.0735 e. The Morgan fingerprint density at radius 3 is 2.72 bits per heavy atom. The third kappa shape index (κ3) is 4.07. The normalized spacial score (nSPS) is 24.1. The summed E-state index contributed by atoms with van der Waals surface area (Å²) in [4.78, 5) is 4.19. The summed E-state index contributed by atoms with van der Waals surface area (Å²) in [5.41, 5.74) is 2.38. The van der Waals surface area contributed by atoms with Gasteiger partial charge in [0.1, 0.15) is 0 Å². The molecule has 0 bridgehead atoms. The molecule has 1 aromatic rings. The van der Waals surface area contributed by atoms with Crippen LogP contribution in [0.1, 0.15) is 43.7 Å². The van der Waals surface area contributed by atoms with Gasteiger partial charge in [-0.1, -0.05) is 13.0 Å². The second-order valence-electron chi connectivity index (χ2n) is 5.21. The molecule has 0 spiro atoms. The van der Waals surface area contributed by atoms with Gasteiger partial charge in [-0.2, -0.15) is 0 Å². The molecule has 1 N–H and O–H groups in total. The van der Waals surface area contributed by atoms with Crippen molar-refractivity contribution in [2.75, 3.05) is 6.54 Å². The molecule has 2 rings (SSSR count). The quantitative estimate of drug-likeness (QED) is 0.870. The number of pyridine rings is 1. The number of nitrogens with zero attached hydrogens (tertiary/aromatic N) is 1. The highest BCUT2D eigenvalue weighted by Crippen LogP contribution is 2.22. The molecule has 18 heavy (non-hydrogen) atoms. The van der Waals surface area contributed by atoms with E-state index in [1.54, 1.807) is 0 Å². The molecule has 0 radical (unpaired) electrons. The van der Waals surface area contributed by atoms with E-state index in [-0.39, 0.29) is 0 Å². The van der Waals surface area contributed by atoms with E-state index in [9.17, 15) is 0 Å². The molecule has 0 aliphatic heterocycles. The van der Waals surface area contributed by atoms with E-state index in [2.05, 4.69) is 30.2 Å². The highest BCUT2D eigenvalue weighted by atomic mass is 16.5. The molecule has 0 aromatic carbocycles. The van der Waals surface area contributed by atoms with E-state index < -0.39 is 0 Å². The van der Waals surface area contributed by atoms with Crippen molar-refractivity contribution in [3.63, 3.8) is 0 Å². The standard InChI is InChI=1S/C15H24N2O/c1-3-17-14-4-6-15(7-5-14)18-11-13-8-12(2)9-16-10-13/h8-10,14-15,17H,3-7,11H2,1-2H3. The first-order valence-corrected chi connectivity index (χ1v) is 7.03. The average Bonchev–Trinajstić information content (AvgIpc) is 2.38. The van der Waals surface area contributed by atoms with Gasteiger partial charge in [0.05, 0.1) is 12.7 Å². The minimum absolute atomic E-state index is 0.431. The van der Waals surface area contributed by atoms with Crippen LogP contribution in [0.5, 0.6) is 0 Å². The monoisotopic (exact) mass is 248 g/mol. The van der Waals surface area contributed by atoms with Crippen molar-refractivity contribution < 1.29 is 4.74 Å². The number of aromatic nitrogens is 1. The first kappa shape index (κ1) is 13.5. The maximum atomic E-state index is 5.98. The SMILES string of the molecule is CCNC1CCC(OCc2cncc(C)c2)CC1. The molecule has 3 nitrogen and oxygen atoms in total. The molecule has 0 saturated heterocycles. The predicted octanol–water partition coefficient (Wildman–Crippen LogP) is 2.83. The Labute approximate surface area is 110 Å². The second kappa shape index (κ2) is 6.86. The van der Waals surface area contributed by atoms with Crippen molar-refractivity contribution in [2.24, 2.45) is 0 Å². The zero-order chi connectivity index (χ0) is 12.8. The van der Waals surface area contributed by atoms with Gasteiger partial charge in [-0.25, -0.2) is 0 Å². The Morgan fingerprint density at radius 1 is 1.28 bits per heavy atom. The highest BCUT2D eigenvalue weighted by Gasteiger charge is 2.20. The number of hydrogen-bond donors (Lipinski definition) is 1. The van der Waals surface area contributed by atoms with E-state index in [0.717, 1.165) is 6.54 Å². The molecule has 1 aliphatic rings. The van der Waals surface area contributed by atoms with Gasteiger partial charge in [0.15, 0.2) is 0 Å². The summed E-state index contributed by atoms with van der Waals surface area (Å²) in [5.74, 6) is 0. The summed E-state index contributed by atoms with van der Waals surface area (Å²) in [6.45, 7) is 6.02. The first-order valence-electron chi connectivity index (χ1n) is 7.03. The zero-order valence-electron chi connectivity index (χ0n) is 11.5. The number of hydrogen-bond acceptors (Lipinski definition) is 3. The fourth-order valence-corrected chi connectivity index (χ4v) is 2.63. The summed E-state index contributed by atoms with van der Waals surface area (Å²) < 4.78 is 5.98. The molecule has 1 heterocycles. The molecule has 1 aliphatic carbocycles. The zero-order valence-corrected chi connectivity index (χ0v) is 11.5. The molecular weight excluding hydrogens is 224 g/mol. The lowest BCUT2D eigenvalue weighted by Crippen LogP contribution is -2.35. The van der Waals surface area contributed by atoms with Crippen LogP contribution in [-0.2, 0) is 11.3 Å². The van der Waals surface area contributed by atoms with E-state index >= 15 is 0 Å². The van der Waals surface area contributed by atoms with Gasteiger partial charge in [-0.3, -0.25) is 4.98 Å². The van der Waals surface area contributed by atoms with Crippen LogP contribution in [0.25, 0.3) is 0 Å². The lowest BCUT2D eigenvalue weighted by molar-refractivity contribution is 0.0113. The molecule has 0 amide bonds. The van der Waals surface area contributed by atoms with Crippen LogP contribution in [-0.4, -0.2) is 23.7 Å². The predicted molar refractivity (Wildman–Crippen MR) is 73.5 cm³/mol. The van der Waals surface area contributed by atoms with Crippen LogP contribution in [0.2, 0.25) is 0 Å². The van der Waals surface area contributed by atoms with E-state index in [4.69, 9.17) is 4.74 Å². The van der Waals surface area contributed by atoms with Gasteiger partial charge >= 0.3 is 0 Å². The van der Waals surface area contributed by atoms with Gasteiger partial charge < -0.3 is 10.1 Å². The second-order valence-corrected chi connectivity index (χ2v) is 5.21. The number of ether oxygens (including phenoxy) is 1. The topological polar surface area (TPSA) is 34.1 Å². The lowest BCUT2D eigenvalue weighted by Gasteiger charge is -2.29. The molecule has 1 aromatic heterocycles. The summed E-state index contributed by atoms with van der Waals surface area (Å²) in [6.07, 6.45) is 9.05. The molecule has 0 atom stereocenters. The van der Waals surface area contributed by atoms with Crippen molar-refractivity contribution in [3.05, 3.63) is 29.6 Å². The minimum Gasteiger partial charge on any atom is -0.373 e. The van der Waals surface area contributed by atoms with E-state index in [0.29, 0.717) is 18.8 Å². The number of nitrogens with one attached hydrogen (secondary N) is 1. The van der Waals surface area contributed by atoms with Crippen molar-refractivity contribution in [3.8, 4) is 0 Å². The van der Waals surface area contributed by atoms with Crippen molar-refractivity contribution >= 4 is 0 Å². The molecule has 100 valence electrons. The fourth-order valence-electron chi connectivity index (χ4n) is 2.63. The Balaban J connectivity index is 1.72. The lowest BCUT2D eigenvalue weighted by atomic mass is 9.93. The average molecular weight is 248 g/mol. The summed E-state index contributed by atoms with van der Waals surface area (Å²) in [7, 11) is 0. The summed E-state index contributed by atoms with van der Waals surface area (Å²) in [6, 6.07) is 2.85. The largest absolute Gasteiger partial charge is 0.373 e. The molecule has 1 fully saturated rings. The van der Waals surface area contributed by atoms with Crippen molar-refractivity contribution in [2.45, 2.75) is 58.3 Å². The van der Waals surface area contributed by atoms with Crippen LogP contribution in [0.3, 0.4) is 0 Å². The Bertz CT molecular complexity index is 359. The maximum Gasteiger partial charge on any atom is 0.0735 e. The molecular formula is C15H24N2O. The van der Waals surface area contributed by atoms with Gasteiger partial charge in [-0.05, 0) is 50.3 Å². The third-order valence-corrected chi connectivity index (χ3v) is 3.58. The van der Waals surface area contributed by atoms with Crippen LogP contribution in [0.4, 0.5) is 0 Å². The highest BCUT2D eigenvalue weighted by molar-refractivity contribution is 5.15. The Hall–Kier alpha value is -0.930. The molecule has 0 unspecified atom stereocenters. The Kier molecular flexibility index (Phi) is 5.14. The van der Waals surface area contributed by atoms with Gasteiger partial charge in [0.25, 0.3) is 0 Å². The summed E-state index contributed by atoms with van der Waals surface area (Å²) in [5, 5.41) is 3.52. The van der Waals surface area contributed by atoms with Crippen LogP contribution in [0.15, 0.2) is 18.5 Å². The maximum absolute atomic E-state index is 5.98. The fraction of sp³-hybridized carbons (Fsp3) is 0.667. The molecule has 1 saturated carbocycles. The van der Waals surface area contributed by atoms with E-state index in [1.165, 1.54) is 36.8 Å². The van der Waals surface area contributed by atoms with Crippen LogP contribution in [0, 0.1) is 6.92 Å². The van der Waals surface area contributed by atoms with Gasteiger partial charge in [0.2, 0.25) is 0 Å². The third-order valence-electron chi connectivity index (χ3n) is 3.58. The van der Waals surface area contributed by atoms with Gasteiger partial charge in [-0.15, -0.1) is 0 Å². The van der Waals surface area contributed by atoms with Gasteiger partial charge in [0, 0.05) is 18.4 Å². The number of rotatable bonds is 5. The molecule has 3 heteroatoms. The Morgan fingerprint density at radius 2 is 2.06 bits per heavy atom. The van der Waals surface area contributed by atoms with Crippen molar-refractivity contribution in [1.29, 1.82) is 0 Å². The van der Waals surface area contributed by atoms with E-state index in [1.807, 2.05) is 12.4 Å². The van der Waals surface area contributed by atoms with Crippen LogP contribution >= 0.6 is 0 Å².